The van der Waals surface area contributed by atoms with E-state index in [1.807, 2.05) is 0 Å². The molecule has 1 N–H and O–H groups in total. The predicted octanol–water partition coefficient (Wildman–Crippen LogP) is 1.79. The molecule has 8 heteroatoms. The minimum absolute atomic E-state index is 0.204. The largest absolute Gasteiger partial charge is 0.497 e. The smallest absolute Gasteiger partial charge is 0.254 e. The number of benzene rings is 2. The maximum atomic E-state index is 13.0. The monoisotopic (exact) mass is 415 g/mol. The van der Waals surface area contributed by atoms with Gasteiger partial charge in [0.15, 0.2) is 0 Å². The number of hydrogen-bond acceptors (Lipinski definition) is 5. The molecule has 1 aliphatic heterocycles. The van der Waals surface area contributed by atoms with Crippen LogP contribution in [0.3, 0.4) is 0 Å². The SMILES string of the molecule is CNC(=O)C1CN(CCOc2ccc(F)cc2)CCN1C(=O)c1cccc(OC)c1. The zero-order valence-electron chi connectivity index (χ0n) is 17.1. The van der Waals surface area contributed by atoms with Crippen molar-refractivity contribution in [3.05, 3.63) is 59.9 Å². The van der Waals surface area contributed by atoms with Crippen LogP contribution >= 0.6 is 0 Å². The van der Waals surface area contributed by atoms with Crippen molar-refractivity contribution in [1.29, 1.82) is 0 Å². The van der Waals surface area contributed by atoms with Crippen molar-refractivity contribution in [2.45, 2.75) is 6.04 Å². The topological polar surface area (TPSA) is 71.1 Å². The molecule has 2 amide bonds. The van der Waals surface area contributed by atoms with Crippen LogP contribution in [0, 0.1) is 5.82 Å². The summed E-state index contributed by atoms with van der Waals surface area (Å²) in [6, 6.07) is 12.2. The number of halogens is 1. The Balaban J connectivity index is 1.62. The molecule has 0 saturated carbocycles. The third-order valence-electron chi connectivity index (χ3n) is 5.08. The summed E-state index contributed by atoms with van der Waals surface area (Å²) in [7, 11) is 3.11. The molecule has 30 heavy (non-hydrogen) atoms. The summed E-state index contributed by atoms with van der Waals surface area (Å²) in [6.45, 7) is 2.44. The lowest BCUT2D eigenvalue weighted by Crippen LogP contribution is -2.60. The number of methoxy groups -OCH3 is 1. The molecule has 0 aromatic heterocycles. The summed E-state index contributed by atoms with van der Waals surface area (Å²) in [4.78, 5) is 29.2. The van der Waals surface area contributed by atoms with Crippen molar-refractivity contribution < 1.29 is 23.5 Å². The minimum Gasteiger partial charge on any atom is -0.497 e. The van der Waals surface area contributed by atoms with Crippen LogP contribution < -0.4 is 14.8 Å². The second kappa shape index (κ2) is 10.1. The fourth-order valence-corrected chi connectivity index (χ4v) is 3.42. The predicted molar refractivity (Wildman–Crippen MR) is 110 cm³/mol. The highest BCUT2D eigenvalue weighted by Gasteiger charge is 2.35. The van der Waals surface area contributed by atoms with Gasteiger partial charge < -0.3 is 19.7 Å². The molecular weight excluding hydrogens is 389 g/mol. The van der Waals surface area contributed by atoms with E-state index in [9.17, 15) is 14.0 Å². The zero-order valence-corrected chi connectivity index (χ0v) is 17.1. The molecule has 1 atom stereocenters. The van der Waals surface area contributed by atoms with Crippen LogP contribution in [-0.2, 0) is 4.79 Å². The summed E-state index contributed by atoms with van der Waals surface area (Å²) in [6.07, 6.45) is 0. The van der Waals surface area contributed by atoms with E-state index in [-0.39, 0.29) is 17.6 Å². The summed E-state index contributed by atoms with van der Waals surface area (Å²) in [5.74, 6) is 0.452. The molecule has 1 heterocycles. The van der Waals surface area contributed by atoms with E-state index in [4.69, 9.17) is 9.47 Å². The van der Waals surface area contributed by atoms with Crippen LogP contribution in [-0.4, -0.2) is 74.6 Å². The second-order valence-corrected chi connectivity index (χ2v) is 6.96. The minimum atomic E-state index is -0.603. The Morgan fingerprint density at radius 3 is 2.60 bits per heavy atom. The second-order valence-electron chi connectivity index (χ2n) is 6.96. The van der Waals surface area contributed by atoms with Crippen LogP contribution in [0.4, 0.5) is 4.39 Å². The molecule has 0 spiro atoms. The average molecular weight is 415 g/mol. The Bertz CT molecular complexity index is 875. The Hall–Kier alpha value is -3.13. The normalized spacial score (nSPS) is 16.8. The Labute approximate surface area is 175 Å². The number of carbonyl (C=O) groups excluding carboxylic acids is 2. The summed E-state index contributed by atoms with van der Waals surface area (Å²) >= 11 is 0. The average Bonchev–Trinajstić information content (AvgIpc) is 2.79. The fourth-order valence-electron chi connectivity index (χ4n) is 3.42. The van der Waals surface area contributed by atoms with E-state index in [2.05, 4.69) is 10.2 Å². The molecule has 0 radical (unpaired) electrons. The maximum absolute atomic E-state index is 13.0. The molecule has 7 nitrogen and oxygen atoms in total. The molecule has 0 aliphatic carbocycles. The summed E-state index contributed by atoms with van der Waals surface area (Å²) < 4.78 is 23.8. The number of amides is 2. The molecule has 3 rings (SSSR count). The third-order valence-corrected chi connectivity index (χ3v) is 5.08. The van der Waals surface area contributed by atoms with Gasteiger partial charge in [-0.3, -0.25) is 14.5 Å². The van der Waals surface area contributed by atoms with Crippen LogP contribution in [0.5, 0.6) is 11.5 Å². The van der Waals surface area contributed by atoms with Crippen molar-refractivity contribution in [2.24, 2.45) is 0 Å². The van der Waals surface area contributed by atoms with Crippen LogP contribution in [0.1, 0.15) is 10.4 Å². The van der Waals surface area contributed by atoms with Crippen molar-refractivity contribution in [3.63, 3.8) is 0 Å². The van der Waals surface area contributed by atoms with Crippen molar-refractivity contribution in [2.75, 3.05) is 46.9 Å². The van der Waals surface area contributed by atoms with Crippen LogP contribution in [0.2, 0.25) is 0 Å². The number of nitrogens with zero attached hydrogens (tertiary/aromatic N) is 2. The van der Waals surface area contributed by atoms with Crippen molar-refractivity contribution >= 4 is 11.8 Å². The van der Waals surface area contributed by atoms with Crippen molar-refractivity contribution in [1.82, 2.24) is 15.1 Å². The highest BCUT2D eigenvalue weighted by Crippen LogP contribution is 2.19. The third kappa shape index (κ3) is 5.27. The van der Waals surface area contributed by atoms with E-state index in [1.54, 1.807) is 55.5 Å². The van der Waals surface area contributed by atoms with Gasteiger partial charge in [0, 0.05) is 38.8 Å². The van der Waals surface area contributed by atoms with E-state index in [0.29, 0.717) is 49.8 Å². The number of rotatable bonds is 7. The number of nitrogens with one attached hydrogen (secondary N) is 1. The Kier molecular flexibility index (Phi) is 7.24. The Morgan fingerprint density at radius 2 is 1.90 bits per heavy atom. The lowest BCUT2D eigenvalue weighted by Gasteiger charge is -2.40. The Morgan fingerprint density at radius 1 is 1.13 bits per heavy atom. The van der Waals surface area contributed by atoms with Gasteiger partial charge in [-0.05, 0) is 42.5 Å². The van der Waals surface area contributed by atoms with E-state index < -0.39 is 6.04 Å². The van der Waals surface area contributed by atoms with E-state index in [0.717, 1.165) is 0 Å². The first-order chi connectivity index (χ1) is 14.5. The van der Waals surface area contributed by atoms with E-state index >= 15 is 0 Å². The molecule has 160 valence electrons. The number of hydrogen-bond donors (Lipinski definition) is 1. The lowest BCUT2D eigenvalue weighted by atomic mass is 10.1. The molecule has 1 fully saturated rings. The van der Waals surface area contributed by atoms with Gasteiger partial charge in [0.2, 0.25) is 5.91 Å². The number of piperazine rings is 1. The molecular formula is C22H26FN3O4. The highest BCUT2D eigenvalue weighted by atomic mass is 19.1. The van der Waals surface area contributed by atoms with Crippen LogP contribution in [0.25, 0.3) is 0 Å². The van der Waals surface area contributed by atoms with Gasteiger partial charge in [-0.15, -0.1) is 0 Å². The fraction of sp³-hybridized carbons (Fsp3) is 0.364. The van der Waals surface area contributed by atoms with Gasteiger partial charge >= 0.3 is 0 Å². The quantitative estimate of drug-likeness (QED) is 0.747. The van der Waals surface area contributed by atoms with Crippen LogP contribution in [0.15, 0.2) is 48.5 Å². The van der Waals surface area contributed by atoms with E-state index in [1.165, 1.54) is 12.1 Å². The molecule has 1 unspecified atom stereocenters. The number of ether oxygens (including phenoxy) is 2. The first-order valence-electron chi connectivity index (χ1n) is 9.79. The maximum Gasteiger partial charge on any atom is 0.254 e. The first-order valence-corrected chi connectivity index (χ1v) is 9.79. The molecule has 0 bridgehead atoms. The lowest BCUT2D eigenvalue weighted by molar-refractivity contribution is -0.127. The zero-order chi connectivity index (χ0) is 21.5. The number of carbonyl (C=O) groups is 2. The first kappa shape index (κ1) is 21.6. The van der Waals surface area contributed by atoms with Gasteiger partial charge in [0.25, 0.3) is 5.91 Å². The number of likely N-dealkylation sites (N-methyl/N-ethyl adjacent to an activating group) is 1. The molecule has 1 aliphatic rings. The van der Waals surface area contributed by atoms with Gasteiger partial charge in [-0.1, -0.05) is 6.07 Å². The van der Waals surface area contributed by atoms with Crippen molar-refractivity contribution in [3.8, 4) is 11.5 Å². The highest BCUT2D eigenvalue weighted by molar-refractivity contribution is 5.98. The standard InChI is InChI=1S/C22H26FN3O4/c1-24-21(27)20-15-25(12-13-30-18-8-6-17(23)7-9-18)10-11-26(20)22(28)16-4-3-5-19(14-16)29-2/h3-9,14,20H,10-13,15H2,1-2H3,(H,24,27). The van der Waals surface area contributed by atoms with Gasteiger partial charge in [-0.2, -0.15) is 0 Å². The molecule has 2 aromatic carbocycles. The molecule has 2 aromatic rings. The molecule has 1 saturated heterocycles. The summed E-state index contributed by atoms with van der Waals surface area (Å²) in [5, 5.41) is 2.65. The van der Waals surface area contributed by atoms with Gasteiger partial charge in [-0.25, -0.2) is 4.39 Å². The van der Waals surface area contributed by atoms with Gasteiger partial charge in [0.05, 0.1) is 7.11 Å². The summed E-state index contributed by atoms with van der Waals surface area (Å²) in [5.41, 5.74) is 0.483. The van der Waals surface area contributed by atoms with Gasteiger partial charge in [0.1, 0.15) is 30.0 Å².